The van der Waals surface area contributed by atoms with Crippen LogP contribution in [-0.4, -0.2) is 24.1 Å². The Labute approximate surface area is 270 Å². The summed E-state index contributed by atoms with van der Waals surface area (Å²) in [5.41, 5.74) is 3.52. The predicted molar refractivity (Wildman–Crippen MR) is 175 cm³/mol. The molecule has 0 aliphatic carbocycles. The lowest BCUT2D eigenvalue weighted by molar-refractivity contribution is 0.0734. The number of nitrogens with one attached hydrogen (secondary N) is 2. The van der Waals surface area contributed by atoms with Crippen LogP contribution in [0.5, 0.6) is 5.75 Å². The minimum absolute atomic E-state index is 0.0129. The fourth-order valence-electron chi connectivity index (χ4n) is 3.96. The highest BCUT2D eigenvalue weighted by molar-refractivity contribution is 6.02. The topological polar surface area (TPSA) is 140 Å². The largest absolute Gasteiger partial charge is 0.444 e. The van der Waals surface area contributed by atoms with Gasteiger partial charge in [-0.2, -0.15) is 10.2 Å². The number of benzene rings is 5. The summed E-state index contributed by atoms with van der Waals surface area (Å²) in [6.07, 6.45) is -1.68. The number of hydrogen-bond acceptors (Lipinski definition) is 9. The molecule has 0 heterocycles. The number of esters is 1. The summed E-state index contributed by atoms with van der Waals surface area (Å²) in [4.78, 5) is 42.1. The Kier molecular flexibility index (Phi) is 11.1. The number of carbonyl (C=O) groups is 3. The van der Waals surface area contributed by atoms with Crippen molar-refractivity contribution in [2.75, 3.05) is 0 Å². The zero-order chi connectivity index (χ0) is 32.7. The predicted octanol–water partition coefficient (Wildman–Crippen LogP) is 8.16. The highest BCUT2D eigenvalue weighted by Gasteiger charge is 2.14. The minimum atomic E-state index is -0.839. The van der Waals surface area contributed by atoms with Crippen LogP contribution >= 0.6 is 0 Å². The molecular weight excluding hydrogens is 598 g/mol. The number of carbonyl (C=O) groups excluding carboxylic acids is 3. The van der Waals surface area contributed by atoms with E-state index in [-0.39, 0.29) is 24.9 Å². The third-order valence-corrected chi connectivity index (χ3v) is 6.29. The number of hydrogen-bond donors (Lipinski definition) is 2. The molecule has 0 saturated carbocycles. The van der Waals surface area contributed by atoms with E-state index in [1.165, 1.54) is 12.1 Å². The van der Waals surface area contributed by atoms with E-state index in [2.05, 4.69) is 25.9 Å². The smallest absolute Gasteiger partial charge is 0.414 e. The second kappa shape index (κ2) is 16.5. The molecule has 2 N–H and O–H groups in total. The molecule has 5 rings (SSSR count). The van der Waals surface area contributed by atoms with E-state index >= 15 is 0 Å². The summed E-state index contributed by atoms with van der Waals surface area (Å²) in [5.74, 6) is -0.539. The zero-order valence-corrected chi connectivity index (χ0v) is 25.0. The van der Waals surface area contributed by atoms with Gasteiger partial charge in [-0.15, -0.1) is 0 Å². The number of guanidine groups is 1. The van der Waals surface area contributed by atoms with Crippen molar-refractivity contribution < 1.29 is 28.6 Å². The molecule has 5 aromatic rings. The van der Waals surface area contributed by atoms with Gasteiger partial charge >= 0.3 is 18.2 Å². The maximum atomic E-state index is 12.7. The summed E-state index contributed by atoms with van der Waals surface area (Å²) in [5, 5.41) is 13.2. The highest BCUT2D eigenvalue weighted by atomic mass is 16.6. The van der Waals surface area contributed by atoms with Crippen LogP contribution in [0.1, 0.15) is 21.5 Å². The van der Waals surface area contributed by atoms with Crippen molar-refractivity contribution in [2.24, 2.45) is 15.2 Å². The quantitative estimate of drug-likeness (QED) is 0.0555. The van der Waals surface area contributed by atoms with Gasteiger partial charge in [0.1, 0.15) is 19.0 Å². The molecule has 0 aliphatic rings. The first kappa shape index (κ1) is 31.8. The molecule has 0 bridgehead atoms. The van der Waals surface area contributed by atoms with E-state index in [0.29, 0.717) is 22.6 Å². The number of nitrogens with zero attached hydrogens (tertiary/aromatic N) is 3. The molecule has 0 fully saturated rings. The Bertz CT molecular complexity index is 1770. The summed E-state index contributed by atoms with van der Waals surface area (Å²) in [6, 6.07) is 40.2. The van der Waals surface area contributed by atoms with Gasteiger partial charge in [0.25, 0.3) is 0 Å². The number of ether oxygens (including phenoxy) is 3. The highest BCUT2D eigenvalue weighted by Crippen LogP contribution is 2.21. The second-order valence-electron chi connectivity index (χ2n) is 9.80. The van der Waals surface area contributed by atoms with Gasteiger partial charge in [-0.25, -0.2) is 19.4 Å². The van der Waals surface area contributed by atoms with Gasteiger partial charge in [0, 0.05) is 0 Å². The van der Waals surface area contributed by atoms with Gasteiger partial charge in [-0.05, 0) is 71.8 Å². The summed E-state index contributed by atoms with van der Waals surface area (Å²) in [6.45, 7) is 0.0258. The number of alkyl carbamates (subject to hydrolysis) is 2. The Morgan fingerprint density at radius 1 is 0.511 bits per heavy atom. The average Bonchev–Trinajstić information content (AvgIpc) is 3.11. The molecular formula is C36H29N5O6. The normalized spacial score (nSPS) is 10.5. The minimum Gasteiger partial charge on any atom is -0.444 e. The maximum Gasteiger partial charge on any atom is 0.414 e. The maximum absolute atomic E-state index is 12.7. The van der Waals surface area contributed by atoms with Crippen LogP contribution in [-0.2, 0) is 22.7 Å². The lowest BCUT2D eigenvalue weighted by Crippen LogP contribution is -2.44. The monoisotopic (exact) mass is 627 g/mol. The van der Waals surface area contributed by atoms with E-state index in [1.54, 1.807) is 36.4 Å². The van der Waals surface area contributed by atoms with Crippen molar-refractivity contribution in [3.8, 4) is 5.75 Å². The Hall–Kier alpha value is -6.62. The van der Waals surface area contributed by atoms with Crippen LogP contribution in [0, 0.1) is 0 Å². The summed E-state index contributed by atoms with van der Waals surface area (Å²) >= 11 is 0. The fraction of sp³-hybridized carbons (Fsp3) is 0.0556. The van der Waals surface area contributed by atoms with Crippen molar-refractivity contribution >= 4 is 41.2 Å². The first-order valence-corrected chi connectivity index (χ1v) is 14.4. The van der Waals surface area contributed by atoms with E-state index in [9.17, 15) is 14.4 Å². The van der Waals surface area contributed by atoms with E-state index < -0.39 is 18.2 Å². The van der Waals surface area contributed by atoms with Crippen LogP contribution < -0.4 is 15.4 Å². The zero-order valence-electron chi connectivity index (χ0n) is 25.0. The molecule has 0 saturated heterocycles. The molecule has 0 unspecified atom stereocenters. The van der Waals surface area contributed by atoms with Gasteiger partial charge < -0.3 is 14.2 Å². The van der Waals surface area contributed by atoms with Crippen LogP contribution in [0.15, 0.2) is 155 Å². The number of rotatable bonds is 9. The van der Waals surface area contributed by atoms with E-state index in [4.69, 9.17) is 14.2 Å². The van der Waals surface area contributed by atoms with Crippen LogP contribution in [0.4, 0.5) is 26.7 Å². The molecule has 0 radical (unpaired) electrons. The fourth-order valence-corrected chi connectivity index (χ4v) is 3.96. The van der Waals surface area contributed by atoms with Gasteiger partial charge in [0.2, 0.25) is 5.96 Å². The van der Waals surface area contributed by atoms with Crippen molar-refractivity contribution in [3.05, 3.63) is 156 Å². The lowest BCUT2D eigenvalue weighted by Gasteiger charge is -2.12. The van der Waals surface area contributed by atoms with Crippen molar-refractivity contribution in [2.45, 2.75) is 13.2 Å². The molecule has 11 nitrogen and oxygen atoms in total. The van der Waals surface area contributed by atoms with Gasteiger partial charge in [-0.3, -0.25) is 10.6 Å². The van der Waals surface area contributed by atoms with Crippen molar-refractivity contribution in [1.29, 1.82) is 0 Å². The van der Waals surface area contributed by atoms with Crippen LogP contribution in [0.2, 0.25) is 0 Å². The van der Waals surface area contributed by atoms with E-state index in [1.807, 2.05) is 91.0 Å². The van der Waals surface area contributed by atoms with Crippen LogP contribution in [0.3, 0.4) is 0 Å². The third-order valence-electron chi connectivity index (χ3n) is 6.29. The molecule has 5 aromatic carbocycles. The SMILES string of the molecule is O=C(NC(=Nc1ccc(OC(=O)c2ccc(N=Nc3ccccc3)cc2)cc1)NC(=O)OCc1ccccc1)OCc1ccccc1. The van der Waals surface area contributed by atoms with Crippen molar-refractivity contribution in [3.63, 3.8) is 0 Å². The lowest BCUT2D eigenvalue weighted by atomic mass is 10.2. The Morgan fingerprint density at radius 2 is 0.957 bits per heavy atom. The molecule has 2 amide bonds. The van der Waals surface area contributed by atoms with Crippen LogP contribution in [0.25, 0.3) is 0 Å². The first-order valence-electron chi connectivity index (χ1n) is 14.4. The Balaban J connectivity index is 1.21. The molecule has 0 atom stereocenters. The second-order valence-corrected chi connectivity index (χ2v) is 9.80. The average molecular weight is 628 g/mol. The summed E-state index contributed by atoms with van der Waals surface area (Å²) in [7, 11) is 0. The molecule has 0 aliphatic heterocycles. The molecule has 0 spiro atoms. The summed E-state index contributed by atoms with van der Waals surface area (Å²) < 4.78 is 16.0. The number of amides is 2. The molecule has 234 valence electrons. The van der Waals surface area contributed by atoms with E-state index in [0.717, 1.165) is 11.1 Å². The number of aliphatic imine (C=N–C) groups is 1. The standard InChI is InChI=1S/C36H29N5O6/c42-33(28-16-18-31(19-17-28)41-40-30-14-8-3-9-15-30)47-32-22-20-29(21-23-32)37-34(38-35(43)45-24-26-10-4-1-5-11-26)39-36(44)46-25-27-12-6-2-7-13-27/h1-23H,24-25H2,(H2,37,38,39,43,44). The molecule has 0 aromatic heterocycles. The third kappa shape index (κ3) is 10.5. The van der Waals surface area contributed by atoms with Gasteiger partial charge in [-0.1, -0.05) is 78.9 Å². The molecule has 11 heteroatoms. The van der Waals surface area contributed by atoms with Gasteiger partial charge in [0.05, 0.1) is 22.6 Å². The Morgan fingerprint density at radius 3 is 1.47 bits per heavy atom. The first-order chi connectivity index (χ1) is 23.0. The number of azo groups is 1. The van der Waals surface area contributed by atoms with Crippen molar-refractivity contribution in [1.82, 2.24) is 10.6 Å². The van der Waals surface area contributed by atoms with Gasteiger partial charge in [0.15, 0.2) is 0 Å². The molecule has 47 heavy (non-hydrogen) atoms.